The molecule has 0 saturated heterocycles. The zero-order valence-corrected chi connectivity index (χ0v) is 8.55. The lowest BCUT2D eigenvalue weighted by Gasteiger charge is -2.05. The van der Waals surface area contributed by atoms with Crippen LogP contribution in [0.1, 0.15) is 23.1 Å². The van der Waals surface area contributed by atoms with Gasteiger partial charge in [-0.05, 0) is 36.0 Å². The Morgan fingerprint density at radius 1 is 1.21 bits per heavy atom. The summed E-state index contributed by atoms with van der Waals surface area (Å²) < 4.78 is 0. The predicted molar refractivity (Wildman–Crippen MR) is 59.2 cm³/mol. The van der Waals surface area contributed by atoms with Crippen molar-refractivity contribution in [2.45, 2.75) is 25.8 Å². The van der Waals surface area contributed by atoms with Crippen LogP contribution >= 0.6 is 0 Å². The molecule has 0 saturated carbocycles. The summed E-state index contributed by atoms with van der Waals surface area (Å²) in [4.78, 5) is 0. The molecule has 1 aliphatic rings. The molecule has 0 amide bonds. The average Bonchev–Trinajstić information content (AvgIpc) is 2.65. The van der Waals surface area contributed by atoms with Crippen molar-refractivity contribution in [1.29, 1.82) is 0 Å². The second-order valence-corrected chi connectivity index (χ2v) is 3.92. The molecule has 0 fully saturated rings. The minimum Gasteiger partial charge on any atom is -0.329 e. The minimum absolute atomic E-state index is 0.713. The normalized spacial score (nSPS) is 14.4. The Balaban J connectivity index is 1.98. The Morgan fingerprint density at radius 2 is 2.07 bits per heavy atom. The number of nitrogens with one attached hydrogen (secondary N) is 1. The van der Waals surface area contributed by atoms with Gasteiger partial charge in [-0.1, -0.05) is 18.2 Å². The van der Waals surface area contributed by atoms with Gasteiger partial charge in [-0.25, -0.2) is 0 Å². The van der Waals surface area contributed by atoms with Gasteiger partial charge in [-0.2, -0.15) is 0 Å². The van der Waals surface area contributed by atoms with E-state index < -0.39 is 0 Å². The third-order valence-corrected chi connectivity index (χ3v) is 2.81. The molecule has 0 heterocycles. The van der Waals surface area contributed by atoms with Crippen molar-refractivity contribution in [2.75, 3.05) is 13.1 Å². The Kier molecular flexibility index (Phi) is 3.17. The summed E-state index contributed by atoms with van der Waals surface area (Å²) in [7, 11) is 0. The van der Waals surface area contributed by atoms with E-state index in [1.165, 1.54) is 24.8 Å². The second kappa shape index (κ2) is 4.58. The van der Waals surface area contributed by atoms with Crippen molar-refractivity contribution in [1.82, 2.24) is 5.32 Å². The molecular weight excluding hydrogens is 172 g/mol. The highest BCUT2D eigenvalue weighted by atomic mass is 14.9. The van der Waals surface area contributed by atoms with Crippen LogP contribution in [0.5, 0.6) is 0 Å². The molecule has 2 rings (SSSR count). The van der Waals surface area contributed by atoms with E-state index in [1.807, 2.05) is 0 Å². The molecule has 3 N–H and O–H groups in total. The molecule has 1 aromatic rings. The Bertz CT molecular complexity index is 307. The lowest BCUT2D eigenvalue weighted by atomic mass is 10.1. The fourth-order valence-electron chi connectivity index (χ4n) is 2.07. The summed E-state index contributed by atoms with van der Waals surface area (Å²) >= 11 is 0. The van der Waals surface area contributed by atoms with Crippen LogP contribution in [-0.4, -0.2) is 13.1 Å². The van der Waals surface area contributed by atoms with Crippen LogP contribution in [0.25, 0.3) is 0 Å². The molecular formula is C12H18N2. The first-order valence-electron chi connectivity index (χ1n) is 5.41. The summed E-state index contributed by atoms with van der Waals surface area (Å²) in [6.45, 7) is 2.56. The van der Waals surface area contributed by atoms with E-state index in [9.17, 15) is 0 Å². The van der Waals surface area contributed by atoms with E-state index in [0.29, 0.717) is 6.54 Å². The Labute approximate surface area is 85.5 Å². The molecule has 2 nitrogen and oxygen atoms in total. The number of hydrogen-bond donors (Lipinski definition) is 2. The molecule has 0 radical (unpaired) electrons. The van der Waals surface area contributed by atoms with Crippen LogP contribution in [0.15, 0.2) is 18.2 Å². The maximum absolute atomic E-state index is 5.42. The van der Waals surface area contributed by atoms with Crippen molar-refractivity contribution in [3.63, 3.8) is 0 Å². The summed E-state index contributed by atoms with van der Waals surface area (Å²) in [6, 6.07) is 6.85. The van der Waals surface area contributed by atoms with Crippen molar-refractivity contribution >= 4 is 0 Å². The van der Waals surface area contributed by atoms with Crippen molar-refractivity contribution in [3.05, 3.63) is 34.9 Å². The summed E-state index contributed by atoms with van der Waals surface area (Å²) in [5, 5.41) is 3.32. The maximum Gasteiger partial charge on any atom is 0.0206 e. The van der Waals surface area contributed by atoms with Crippen LogP contribution in [0, 0.1) is 0 Å². The van der Waals surface area contributed by atoms with E-state index in [4.69, 9.17) is 5.73 Å². The maximum atomic E-state index is 5.42. The van der Waals surface area contributed by atoms with Gasteiger partial charge in [0.15, 0.2) is 0 Å². The molecule has 1 aromatic carbocycles. The van der Waals surface area contributed by atoms with Crippen LogP contribution < -0.4 is 11.1 Å². The van der Waals surface area contributed by atoms with E-state index in [1.54, 1.807) is 11.1 Å². The standard InChI is InChI=1S/C12H18N2/c13-6-7-14-9-10-4-5-11-2-1-3-12(11)8-10/h4-5,8,14H,1-3,6-7,9,13H2. The van der Waals surface area contributed by atoms with E-state index in [2.05, 4.69) is 23.5 Å². The van der Waals surface area contributed by atoms with Gasteiger partial charge in [0.05, 0.1) is 0 Å². The minimum atomic E-state index is 0.713. The highest BCUT2D eigenvalue weighted by molar-refractivity contribution is 5.35. The first-order chi connectivity index (χ1) is 6.90. The number of fused-ring (bicyclic) bond motifs is 1. The molecule has 14 heavy (non-hydrogen) atoms. The van der Waals surface area contributed by atoms with Gasteiger partial charge in [-0.15, -0.1) is 0 Å². The Morgan fingerprint density at radius 3 is 2.93 bits per heavy atom. The van der Waals surface area contributed by atoms with E-state index in [-0.39, 0.29) is 0 Å². The van der Waals surface area contributed by atoms with Crippen LogP contribution in [-0.2, 0) is 19.4 Å². The number of aryl methyl sites for hydroxylation is 2. The van der Waals surface area contributed by atoms with Gasteiger partial charge in [0, 0.05) is 19.6 Å². The molecule has 2 heteroatoms. The Hall–Kier alpha value is -0.860. The van der Waals surface area contributed by atoms with Crippen molar-refractivity contribution in [3.8, 4) is 0 Å². The molecule has 0 aromatic heterocycles. The topological polar surface area (TPSA) is 38.0 Å². The first-order valence-corrected chi connectivity index (χ1v) is 5.41. The summed E-state index contributed by atoms with van der Waals surface area (Å²) in [5.41, 5.74) is 9.91. The second-order valence-electron chi connectivity index (χ2n) is 3.92. The van der Waals surface area contributed by atoms with Gasteiger partial charge in [0.2, 0.25) is 0 Å². The predicted octanol–water partition coefficient (Wildman–Crippen LogP) is 1.22. The quantitative estimate of drug-likeness (QED) is 0.701. The average molecular weight is 190 g/mol. The van der Waals surface area contributed by atoms with Crippen LogP contribution in [0.4, 0.5) is 0 Å². The molecule has 0 unspecified atom stereocenters. The highest BCUT2D eigenvalue weighted by Crippen LogP contribution is 2.22. The molecule has 0 spiro atoms. The molecule has 0 atom stereocenters. The van der Waals surface area contributed by atoms with Gasteiger partial charge in [-0.3, -0.25) is 0 Å². The van der Waals surface area contributed by atoms with E-state index in [0.717, 1.165) is 13.1 Å². The molecule has 76 valence electrons. The molecule has 0 bridgehead atoms. The van der Waals surface area contributed by atoms with Crippen LogP contribution in [0.3, 0.4) is 0 Å². The lowest BCUT2D eigenvalue weighted by molar-refractivity contribution is 0.694. The number of rotatable bonds is 4. The number of nitrogens with two attached hydrogens (primary N) is 1. The molecule has 0 aliphatic heterocycles. The first kappa shape index (κ1) is 9.69. The monoisotopic (exact) mass is 190 g/mol. The largest absolute Gasteiger partial charge is 0.329 e. The molecule has 1 aliphatic carbocycles. The summed E-state index contributed by atoms with van der Waals surface area (Å²) in [5.74, 6) is 0. The van der Waals surface area contributed by atoms with Gasteiger partial charge < -0.3 is 11.1 Å². The fraction of sp³-hybridized carbons (Fsp3) is 0.500. The third kappa shape index (κ3) is 2.14. The number of hydrogen-bond acceptors (Lipinski definition) is 2. The third-order valence-electron chi connectivity index (χ3n) is 2.81. The van der Waals surface area contributed by atoms with Gasteiger partial charge >= 0.3 is 0 Å². The van der Waals surface area contributed by atoms with E-state index >= 15 is 0 Å². The SMILES string of the molecule is NCCNCc1ccc2c(c1)CCC2. The fourth-order valence-corrected chi connectivity index (χ4v) is 2.07. The highest BCUT2D eigenvalue weighted by Gasteiger charge is 2.10. The number of benzene rings is 1. The summed E-state index contributed by atoms with van der Waals surface area (Å²) in [6.07, 6.45) is 3.86. The van der Waals surface area contributed by atoms with Crippen LogP contribution in [0.2, 0.25) is 0 Å². The lowest BCUT2D eigenvalue weighted by Crippen LogP contribution is -2.21. The van der Waals surface area contributed by atoms with Gasteiger partial charge in [0.1, 0.15) is 0 Å². The smallest absolute Gasteiger partial charge is 0.0206 e. The van der Waals surface area contributed by atoms with Crippen molar-refractivity contribution in [2.24, 2.45) is 5.73 Å². The van der Waals surface area contributed by atoms with Crippen molar-refractivity contribution < 1.29 is 0 Å². The zero-order valence-electron chi connectivity index (χ0n) is 8.55. The zero-order chi connectivity index (χ0) is 9.80. The van der Waals surface area contributed by atoms with Gasteiger partial charge in [0.25, 0.3) is 0 Å².